The van der Waals surface area contributed by atoms with Gasteiger partial charge >= 0.3 is 0 Å². The number of amides is 2. The topological polar surface area (TPSA) is 104 Å². The molecular weight excluding hydrogens is 372 g/mol. The molecule has 0 spiro atoms. The van der Waals surface area contributed by atoms with Crippen LogP contribution in [0.1, 0.15) is 36.6 Å². The van der Waals surface area contributed by atoms with Crippen molar-refractivity contribution in [2.75, 3.05) is 26.9 Å². The van der Waals surface area contributed by atoms with Crippen LogP contribution in [0.2, 0.25) is 0 Å². The zero-order valence-electron chi connectivity index (χ0n) is 16.2. The number of oxazole rings is 1. The third-order valence-electron chi connectivity index (χ3n) is 5.15. The van der Waals surface area contributed by atoms with Gasteiger partial charge in [-0.1, -0.05) is 13.8 Å². The van der Waals surface area contributed by atoms with Crippen LogP contribution in [0.5, 0.6) is 0 Å². The molecule has 27 heavy (non-hydrogen) atoms. The van der Waals surface area contributed by atoms with Crippen LogP contribution in [0.4, 0.5) is 0 Å². The molecule has 0 bridgehead atoms. The number of aromatic nitrogens is 1. The lowest BCUT2D eigenvalue weighted by Gasteiger charge is -2.28. The quantitative estimate of drug-likeness (QED) is 0.707. The summed E-state index contributed by atoms with van der Waals surface area (Å²) in [6, 6.07) is -0.995. The van der Waals surface area contributed by atoms with Crippen LogP contribution in [0, 0.1) is 11.8 Å². The molecule has 2 saturated heterocycles. The van der Waals surface area contributed by atoms with Gasteiger partial charge in [-0.05, 0) is 26.4 Å². The van der Waals surface area contributed by atoms with E-state index in [1.807, 2.05) is 32.8 Å². The summed E-state index contributed by atoms with van der Waals surface area (Å²) in [6.45, 7) is 4.59. The van der Waals surface area contributed by atoms with Crippen molar-refractivity contribution in [2.24, 2.45) is 11.8 Å². The molecule has 10 heteroatoms. The van der Waals surface area contributed by atoms with E-state index in [1.165, 1.54) is 6.26 Å². The lowest BCUT2D eigenvalue weighted by Crippen LogP contribution is -2.44. The molecule has 0 N–H and O–H groups in total. The van der Waals surface area contributed by atoms with E-state index in [4.69, 9.17) is 4.42 Å². The van der Waals surface area contributed by atoms with E-state index < -0.39 is 33.9 Å². The number of carbonyl (C=O) groups is 2. The Morgan fingerprint density at radius 2 is 2.07 bits per heavy atom. The van der Waals surface area contributed by atoms with E-state index in [2.05, 4.69) is 4.98 Å². The number of sulfonamides is 1. The lowest BCUT2D eigenvalue weighted by molar-refractivity contribution is -0.129. The predicted molar refractivity (Wildman–Crippen MR) is 97.1 cm³/mol. The molecule has 0 unspecified atom stereocenters. The van der Waals surface area contributed by atoms with Crippen LogP contribution < -0.4 is 0 Å². The second kappa shape index (κ2) is 6.90. The number of hydrogen-bond donors (Lipinski definition) is 0. The molecule has 1 aromatic heterocycles. The zero-order chi connectivity index (χ0) is 20.1. The summed E-state index contributed by atoms with van der Waals surface area (Å²) < 4.78 is 30.7. The van der Waals surface area contributed by atoms with Crippen molar-refractivity contribution in [2.45, 2.75) is 38.9 Å². The van der Waals surface area contributed by atoms with Crippen LogP contribution in [0.15, 0.2) is 10.7 Å². The van der Waals surface area contributed by atoms with Crippen molar-refractivity contribution in [3.63, 3.8) is 0 Å². The van der Waals surface area contributed by atoms with Gasteiger partial charge in [-0.15, -0.1) is 0 Å². The molecule has 2 fully saturated rings. The first-order valence-corrected chi connectivity index (χ1v) is 10.8. The summed E-state index contributed by atoms with van der Waals surface area (Å²) in [4.78, 5) is 33.6. The Morgan fingerprint density at radius 1 is 1.41 bits per heavy atom. The van der Waals surface area contributed by atoms with E-state index >= 15 is 0 Å². The van der Waals surface area contributed by atoms with Crippen LogP contribution in [0.3, 0.4) is 0 Å². The maximum atomic E-state index is 13.0. The molecule has 1 aromatic rings. The van der Waals surface area contributed by atoms with E-state index in [1.54, 1.807) is 4.90 Å². The second-order valence-corrected chi connectivity index (χ2v) is 9.74. The highest BCUT2D eigenvalue weighted by molar-refractivity contribution is 7.88. The molecule has 3 atom stereocenters. The fraction of sp³-hybridized carbons (Fsp3) is 0.706. The minimum atomic E-state index is -3.69. The maximum Gasteiger partial charge on any atom is 0.276 e. The number of likely N-dealkylation sites (tertiary alicyclic amines) is 1. The van der Waals surface area contributed by atoms with Gasteiger partial charge < -0.3 is 14.2 Å². The Kier molecular flexibility index (Phi) is 5.06. The van der Waals surface area contributed by atoms with Gasteiger partial charge in [0.2, 0.25) is 21.8 Å². The summed E-state index contributed by atoms with van der Waals surface area (Å²) in [6.07, 6.45) is 2.80. The molecule has 0 aromatic carbocycles. The van der Waals surface area contributed by atoms with Crippen molar-refractivity contribution in [3.05, 3.63) is 17.8 Å². The normalized spacial score (nSPS) is 25.7. The third-order valence-corrected chi connectivity index (χ3v) is 6.32. The van der Waals surface area contributed by atoms with E-state index in [0.29, 0.717) is 25.4 Å². The predicted octanol–water partition coefficient (Wildman–Crippen LogP) is 0.393. The summed E-state index contributed by atoms with van der Waals surface area (Å²) in [5, 5.41) is 0. The fourth-order valence-corrected chi connectivity index (χ4v) is 5.34. The monoisotopic (exact) mass is 398 g/mol. The minimum absolute atomic E-state index is 0.0910. The van der Waals surface area contributed by atoms with Gasteiger partial charge in [0, 0.05) is 6.54 Å². The highest BCUT2D eigenvalue weighted by Gasteiger charge is 2.58. The molecular formula is C17H26N4O5S. The molecule has 2 amide bonds. The molecule has 2 aliphatic rings. The first kappa shape index (κ1) is 19.8. The van der Waals surface area contributed by atoms with Crippen LogP contribution >= 0.6 is 0 Å². The van der Waals surface area contributed by atoms with Crippen molar-refractivity contribution in [3.8, 4) is 0 Å². The van der Waals surface area contributed by atoms with Gasteiger partial charge in [0.15, 0.2) is 5.69 Å². The Hall–Kier alpha value is -1.94. The van der Waals surface area contributed by atoms with Crippen LogP contribution in [0.25, 0.3) is 0 Å². The summed E-state index contributed by atoms with van der Waals surface area (Å²) in [5.41, 5.74) is 0.181. The van der Waals surface area contributed by atoms with Crippen molar-refractivity contribution < 1.29 is 22.4 Å². The molecule has 2 aliphatic heterocycles. The Balaban J connectivity index is 1.91. The van der Waals surface area contributed by atoms with Crippen molar-refractivity contribution >= 4 is 21.8 Å². The van der Waals surface area contributed by atoms with E-state index in [0.717, 1.165) is 10.6 Å². The number of hydrogen-bond acceptors (Lipinski definition) is 7. The van der Waals surface area contributed by atoms with E-state index in [9.17, 15) is 18.0 Å². The highest BCUT2D eigenvalue weighted by atomic mass is 32.2. The van der Waals surface area contributed by atoms with Gasteiger partial charge in [0.25, 0.3) is 5.91 Å². The minimum Gasteiger partial charge on any atom is -0.447 e. The van der Waals surface area contributed by atoms with Gasteiger partial charge in [-0.3, -0.25) is 9.59 Å². The molecule has 0 saturated carbocycles. The first-order chi connectivity index (χ1) is 12.5. The van der Waals surface area contributed by atoms with Gasteiger partial charge in [-0.2, -0.15) is 0 Å². The number of nitrogens with zero attached hydrogens (tertiary/aromatic N) is 4. The fourth-order valence-electron chi connectivity index (χ4n) is 4.17. The average molecular weight is 398 g/mol. The molecule has 9 nitrogen and oxygen atoms in total. The first-order valence-electron chi connectivity index (χ1n) is 8.95. The smallest absolute Gasteiger partial charge is 0.276 e. The Bertz CT molecular complexity index is 847. The average Bonchev–Trinajstić information content (AvgIpc) is 3.18. The van der Waals surface area contributed by atoms with Crippen LogP contribution in [-0.4, -0.2) is 78.3 Å². The second-order valence-electron chi connectivity index (χ2n) is 7.88. The van der Waals surface area contributed by atoms with Crippen molar-refractivity contribution in [1.29, 1.82) is 0 Å². The molecule has 3 rings (SSSR count). The molecule has 0 aliphatic carbocycles. The number of fused-ring (bicyclic) bond motifs is 1. The standard InChI is InChI=1S/C17H26N4O5S/c1-10(2)14-15-12(21(17(14)23)27(5,24)25)6-7-20(15)16(22)11-9-26-13(18-11)8-19(3)4/h9-10,12,14-15H,6-8H2,1-5H3/t12-,14+,15-/m0/s1. The zero-order valence-corrected chi connectivity index (χ0v) is 17.1. The maximum absolute atomic E-state index is 13.0. The van der Waals surface area contributed by atoms with Gasteiger partial charge in [0.1, 0.15) is 6.26 Å². The van der Waals surface area contributed by atoms with Gasteiger partial charge in [-0.25, -0.2) is 17.7 Å². The Morgan fingerprint density at radius 3 is 2.63 bits per heavy atom. The van der Waals surface area contributed by atoms with Crippen LogP contribution in [-0.2, 0) is 21.4 Å². The highest BCUT2D eigenvalue weighted by Crippen LogP contribution is 2.41. The summed E-state index contributed by atoms with van der Waals surface area (Å²) in [7, 11) is 0.0486. The number of carbonyl (C=O) groups excluding carboxylic acids is 2. The summed E-state index contributed by atoms with van der Waals surface area (Å²) in [5.74, 6) is -0.964. The lowest BCUT2D eigenvalue weighted by atomic mass is 9.88. The van der Waals surface area contributed by atoms with Gasteiger partial charge in [0.05, 0.1) is 30.8 Å². The molecule has 0 radical (unpaired) electrons. The molecule has 150 valence electrons. The largest absolute Gasteiger partial charge is 0.447 e. The third kappa shape index (κ3) is 3.47. The van der Waals surface area contributed by atoms with E-state index in [-0.39, 0.29) is 17.5 Å². The SMILES string of the molecule is CC(C)[C@H]1C(=O)N(S(C)(=O)=O)[C@H]2CCN(C(=O)c3coc(CN(C)C)n3)[C@H]12. The number of rotatable bonds is 5. The summed E-state index contributed by atoms with van der Waals surface area (Å²) >= 11 is 0. The van der Waals surface area contributed by atoms with Crippen molar-refractivity contribution in [1.82, 2.24) is 19.1 Å². The Labute approximate surface area is 159 Å². The molecule has 3 heterocycles.